The number of aliphatic hydroxyl groups is 28. The standard InChI is InChI=1S/C73H121N5O55/c1-19(86)74-37-24(91)6-71(68(112)113,130-58(37)43(100)28(95)10-80)119-17-35-48(105)56(127-65-52(109)51(108)46(103)32(14-84)121-65)40(77-22(4)89)63(123-35)118-16-34-50(107)61(53(110)66(125-34)126-55(31(98)13-83)42(99)27(94)9-79)129-64-41(78-23(5)90)57(49(106)36(124-64)18-120-72(69(114)115)7-25(92)38(75-20(2)87)59(131-72)44(101)29(96)11-81)128-67-54(111)62(47(104)33(15-85)122-67)133-73(70(116)117)8-26(93)39(76-21(3)88)60(132-73)45(102)30(97)12-82/h24-67,79-85,91-111H,6-18H2,1-5H3,(H,74,86)(H,75,87)(H,76,88)(H,77,89)(H,78,90)(H,112,113)(H,114,115)(H,116,117)/t24-,25-,26-,27-,28+,29+,30+,31+,32+,33+,34+,35+,36+,37+,38+,39+,40+,41+,42+,43+,44+,45+,46-,47-,48+,49+,50-,51-,52+,53+,54+,55+,56+,57+,58+,59+,60+,61-,62-,63+,64-,65-,66-,67-,71+,72+,73-/m0/s1. The van der Waals surface area contributed by atoms with E-state index in [1.165, 1.54) is 0 Å². The monoisotopic (exact) mass is 1950 g/mol. The Hall–Kier alpha value is -6.00. The molecule has 0 aromatic carbocycles. The van der Waals surface area contributed by atoms with E-state index in [-0.39, 0.29) is 0 Å². The molecule has 8 saturated heterocycles. The van der Waals surface area contributed by atoms with Crippen LogP contribution in [0.25, 0.3) is 0 Å². The summed E-state index contributed by atoms with van der Waals surface area (Å²) in [4.78, 5) is 105. The van der Waals surface area contributed by atoms with Crippen LogP contribution in [0.3, 0.4) is 0 Å². The van der Waals surface area contributed by atoms with Crippen molar-refractivity contribution in [2.45, 2.75) is 340 Å². The number of nitrogens with one attached hydrogen (secondary N) is 5. The molecule has 0 aromatic heterocycles. The Morgan fingerprint density at radius 3 is 1.02 bits per heavy atom. The Balaban J connectivity index is 1.27. The fourth-order valence-corrected chi connectivity index (χ4v) is 16.4. The van der Waals surface area contributed by atoms with Crippen molar-refractivity contribution < 1.29 is 272 Å². The Morgan fingerprint density at radius 2 is 0.639 bits per heavy atom. The van der Waals surface area contributed by atoms with Gasteiger partial charge in [0, 0.05) is 53.9 Å². The lowest BCUT2D eigenvalue weighted by atomic mass is 9.88. The van der Waals surface area contributed by atoms with E-state index < -0.39 is 419 Å². The van der Waals surface area contributed by atoms with Gasteiger partial charge in [-0.05, 0) is 0 Å². The first kappa shape index (κ1) is 112. The summed E-state index contributed by atoms with van der Waals surface area (Å²) in [5.74, 6) is -22.2. The van der Waals surface area contributed by atoms with E-state index >= 15 is 0 Å². The molecule has 47 atom stereocenters. The molecule has 133 heavy (non-hydrogen) atoms. The first-order valence-electron chi connectivity index (χ1n) is 41.4. The van der Waals surface area contributed by atoms with Crippen LogP contribution in [-0.2, 0) is 114 Å². The number of rotatable bonds is 43. The van der Waals surface area contributed by atoms with Crippen molar-refractivity contribution in [3.63, 3.8) is 0 Å². The molecule has 0 bridgehead atoms. The molecule has 0 unspecified atom stereocenters. The summed E-state index contributed by atoms with van der Waals surface area (Å²) in [6, 6.07) is -10.2. The predicted molar refractivity (Wildman–Crippen MR) is 409 cm³/mol. The third-order valence-corrected chi connectivity index (χ3v) is 23.3. The average molecular weight is 1950 g/mol. The molecular weight excluding hydrogens is 1830 g/mol. The minimum atomic E-state index is -3.50. The molecule has 5 amide bonds. The molecule has 0 aliphatic carbocycles. The summed E-state index contributed by atoms with van der Waals surface area (Å²) >= 11 is 0. The fraction of sp³-hybridized carbons (Fsp3) is 0.890. The summed E-state index contributed by atoms with van der Waals surface area (Å²) in [7, 11) is 0. The second kappa shape index (κ2) is 48.2. The van der Waals surface area contributed by atoms with Crippen molar-refractivity contribution in [2.24, 2.45) is 0 Å². The van der Waals surface area contributed by atoms with Crippen molar-refractivity contribution in [3.05, 3.63) is 0 Å². The summed E-state index contributed by atoms with van der Waals surface area (Å²) in [6.45, 7) is -9.49. The highest BCUT2D eigenvalue weighted by molar-refractivity contribution is 5.78. The zero-order valence-electron chi connectivity index (χ0n) is 71.3. The minimum Gasteiger partial charge on any atom is -0.477 e. The second-order valence-corrected chi connectivity index (χ2v) is 33.0. The van der Waals surface area contributed by atoms with E-state index in [1.54, 1.807) is 0 Å². The molecule has 8 rings (SSSR count). The van der Waals surface area contributed by atoms with E-state index in [0.29, 0.717) is 0 Å². The normalized spacial score (nSPS) is 41.9. The van der Waals surface area contributed by atoms with Gasteiger partial charge in [-0.1, -0.05) is 0 Å². The van der Waals surface area contributed by atoms with Crippen molar-refractivity contribution >= 4 is 47.4 Å². The quantitative estimate of drug-likeness (QED) is 0.0270. The molecule has 60 heteroatoms. The van der Waals surface area contributed by atoms with Crippen molar-refractivity contribution in [3.8, 4) is 0 Å². The molecule has 36 N–H and O–H groups in total. The van der Waals surface area contributed by atoms with Crippen LogP contribution in [0.15, 0.2) is 0 Å². The van der Waals surface area contributed by atoms with Gasteiger partial charge in [0.1, 0.15) is 201 Å². The van der Waals surface area contributed by atoms with Crippen molar-refractivity contribution in [2.75, 3.05) is 66.1 Å². The number of aliphatic hydroxyl groups excluding tert-OH is 28. The molecule has 8 aliphatic heterocycles. The molecule has 8 heterocycles. The van der Waals surface area contributed by atoms with Crippen molar-refractivity contribution in [1.82, 2.24) is 26.6 Å². The van der Waals surface area contributed by atoms with Crippen LogP contribution < -0.4 is 26.6 Å². The van der Waals surface area contributed by atoms with Gasteiger partial charge in [0.05, 0.1) is 103 Å². The van der Waals surface area contributed by atoms with Gasteiger partial charge in [0.2, 0.25) is 29.5 Å². The lowest BCUT2D eigenvalue weighted by molar-refractivity contribution is -0.390. The average Bonchev–Trinajstić information content (AvgIpc) is 0.752. The zero-order chi connectivity index (χ0) is 99.6. The first-order chi connectivity index (χ1) is 62.3. The number of carboxylic acid groups (broad SMARTS) is 3. The zero-order valence-corrected chi connectivity index (χ0v) is 71.3. The second-order valence-electron chi connectivity index (χ2n) is 33.0. The molecule has 8 aliphatic rings. The highest BCUT2D eigenvalue weighted by atomic mass is 16.8. The lowest BCUT2D eigenvalue weighted by Crippen LogP contribution is -2.72. The van der Waals surface area contributed by atoms with Crippen LogP contribution in [0, 0.1) is 0 Å². The van der Waals surface area contributed by atoms with Gasteiger partial charge in [0.25, 0.3) is 17.4 Å². The predicted octanol–water partition coefficient (Wildman–Crippen LogP) is -22.7. The number of aliphatic carboxylic acids is 3. The summed E-state index contributed by atoms with van der Waals surface area (Å²) in [6.07, 6.45) is -99.1. The number of amides is 5. The lowest BCUT2D eigenvalue weighted by Gasteiger charge is -2.52. The van der Waals surface area contributed by atoms with Gasteiger partial charge in [-0.15, -0.1) is 0 Å². The third-order valence-electron chi connectivity index (χ3n) is 23.3. The maximum absolute atomic E-state index is 13.8. The van der Waals surface area contributed by atoms with Gasteiger partial charge < -0.3 is 261 Å². The van der Waals surface area contributed by atoms with Crippen LogP contribution in [0.1, 0.15) is 53.9 Å². The summed E-state index contributed by atoms with van der Waals surface area (Å²) in [5, 5.41) is 356. The first-order valence-corrected chi connectivity index (χ1v) is 41.4. The Labute approximate surface area is 750 Å². The van der Waals surface area contributed by atoms with Gasteiger partial charge >= 0.3 is 17.9 Å². The maximum Gasteiger partial charge on any atom is 0.364 e. The largest absolute Gasteiger partial charge is 0.477 e. The molecular formula is C73H121N5O55. The Morgan fingerprint density at radius 1 is 0.331 bits per heavy atom. The number of carbonyl (C=O) groups excluding carboxylic acids is 5. The van der Waals surface area contributed by atoms with Gasteiger partial charge in [-0.25, -0.2) is 14.4 Å². The fourth-order valence-electron chi connectivity index (χ4n) is 16.4. The molecule has 0 saturated carbocycles. The molecule has 768 valence electrons. The van der Waals surface area contributed by atoms with Crippen LogP contribution in [0.5, 0.6) is 0 Å². The van der Waals surface area contributed by atoms with E-state index in [4.69, 9.17) is 75.8 Å². The number of carboxylic acids is 3. The van der Waals surface area contributed by atoms with Crippen LogP contribution >= 0.6 is 0 Å². The topological polar surface area (TPSA) is 972 Å². The van der Waals surface area contributed by atoms with E-state index in [9.17, 15) is 197 Å². The molecule has 60 nitrogen and oxygen atoms in total. The van der Waals surface area contributed by atoms with Crippen LogP contribution in [-0.4, -0.2) is 558 Å². The number of hydrogen-bond donors (Lipinski definition) is 36. The van der Waals surface area contributed by atoms with Crippen LogP contribution in [0.2, 0.25) is 0 Å². The highest BCUT2D eigenvalue weighted by Gasteiger charge is 2.65. The SMILES string of the molecule is CC(=O)N[C@H]1[C@H](OC[C@H]2O[C@@H](O[C@@H]([C@H](O)[C@@H](O)CO)[C@H](O)CO)[C@H](O)[C@@H](O[C@@H]3O[C@H](CO[C@]4(C(=O)O)C[C@H](O)[C@@H](NC(C)=O)[C@H]([C@H](O)[C@H](O)CO)O4)[C@@H](O)[C@H](O[C@@H]4O[C@H](CO)[C@H](O)[C@H](O[C@]5(C(=O)O)C[C@H](O)[C@@H](NC(C)=O)[C@H]([C@H](O)[C@H](O)CO)O5)[C@H]4O)[C@H]3NC(C)=O)[C@H]2O)O[C@H](CO[C@]2(C(=O)O)C[C@H](O)[C@@H](NC(C)=O)[C@H]([C@H](O)[C@H](O)CO)O2)[C@@H](O)[C@@H]1O[C@@H]1O[C@H](CO)[C@H](O)[C@H](O)[C@H]1O. The summed E-state index contributed by atoms with van der Waals surface area (Å²) in [5.41, 5.74) is 0. The van der Waals surface area contributed by atoms with E-state index in [2.05, 4.69) is 26.6 Å². The van der Waals surface area contributed by atoms with Crippen molar-refractivity contribution in [1.29, 1.82) is 0 Å². The van der Waals surface area contributed by atoms with Gasteiger partial charge in [-0.3, -0.25) is 24.0 Å². The minimum absolute atomic E-state index is 0.726. The van der Waals surface area contributed by atoms with Gasteiger partial charge in [0.15, 0.2) is 31.5 Å². The summed E-state index contributed by atoms with van der Waals surface area (Å²) < 4.78 is 94.9. The molecule has 0 radical (unpaired) electrons. The smallest absolute Gasteiger partial charge is 0.364 e. The molecule has 8 fully saturated rings. The molecule has 0 spiro atoms. The number of carbonyl (C=O) groups is 8. The van der Waals surface area contributed by atoms with E-state index in [1.807, 2.05) is 0 Å². The van der Waals surface area contributed by atoms with Gasteiger partial charge in [-0.2, -0.15) is 0 Å². The number of hydrogen-bond acceptors (Lipinski definition) is 52. The maximum atomic E-state index is 13.8. The Kier molecular flexibility index (Phi) is 40.7. The van der Waals surface area contributed by atoms with Crippen LogP contribution in [0.4, 0.5) is 0 Å². The van der Waals surface area contributed by atoms with E-state index in [0.717, 1.165) is 34.6 Å². The molecule has 0 aromatic rings. The third kappa shape index (κ3) is 25.8. The highest BCUT2D eigenvalue weighted by Crippen LogP contribution is 2.43. The Bertz CT molecular complexity index is 3770. The number of ether oxygens (including phenoxy) is 16.